The number of fused-ring (bicyclic) bond motifs is 3. The van der Waals surface area contributed by atoms with Gasteiger partial charge in [-0.3, -0.25) is 4.79 Å². The summed E-state index contributed by atoms with van der Waals surface area (Å²) in [6, 6.07) is 16.4. The molecule has 1 saturated carbocycles. The van der Waals surface area contributed by atoms with E-state index in [-0.39, 0.29) is 48.0 Å². The number of aromatic nitrogens is 1. The molecule has 1 aliphatic carbocycles. The normalized spacial score (nSPS) is 16.0. The maximum absolute atomic E-state index is 11.8. The first-order valence-electron chi connectivity index (χ1n) is 16.0. The SMILES string of the molecule is CCC(C)(C)C(=O)/C=C(\O)C(C)(C)CC.[2H]C([2H])([2H])c1ccc2c(c1)oc1c(-c3ccc(C4CCCC4)cn3)[c-]ccc12.[Ir]. The Morgan fingerprint density at radius 2 is 1.78 bits per heavy atom. The standard InChI is InChI=1S/C23H20NO.C13H24O2.Ir/c1-15-9-11-18-19-7-4-8-20(23(19)25-22(18)13-15)21-12-10-17(14-24-21)16-5-2-3-6-16;1-7-12(3,4)10(14)9-11(15)13(5,6)8-2;/h4,7,9-14,16H,2-3,5-6H2,1H3;9,14H,7-8H2,1-6H3;/q-1;;/b;10-9-;/i1D3;;. The topological polar surface area (TPSA) is 63.3 Å². The van der Waals surface area contributed by atoms with Crippen molar-refractivity contribution in [1.82, 2.24) is 4.98 Å². The number of benzene rings is 2. The number of carbonyl (C=O) groups is 1. The number of aliphatic hydroxyl groups is 1. The molecule has 0 aliphatic heterocycles. The number of hydrogen-bond donors (Lipinski definition) is 1. The predicted octanol–water partition coefficient (Wildman–Crippen LogP) is 10.3. The number of aliphatic hydroxyl groups excluding tert-OH is 1. The molecular weight excluding hydrogens is 687 g/mol. The van der Waals surface area contributed by atoms with Gasteiger partial charge in [0.25, 0.3) is 0 Å². The molecule has 0 amide bonds. The van der Waals surface area contributed by atoms with Crippen molar-refractivity contribution in [3.8, 4) is 11.3 Å². The third-order valence-electron chi connectivity index (χ3n) is 8.70. The van der Waals surface area contributed by atoms with Crippen LogP contribution >= 0.6 is 0 Å². The van der Waals surface area contributed by atoms with Crippen molar-refractivity contribution in [3.05, 3.63) is 77.7 Å². The minimum Gasteiger partial charge on any atom is -0.512 e. The van der Waals surface area contributed by atoms with Gasteiger partial charge in [0.15, 0.2) is 5.78 Å². The molecule has 2 aromatic carbocycles. The molecule has 5 heteroatoms. The molecule has 221 valence electrons. The molecule has 0 atom stereocenters. The summed E-state index contributed by atoms with van der Waals surface area (Å²) in [4.78, 5) is 16.5. The third-order valence-corrected chi connectivity index (χ3v) is 8.70. The zero-order valence-electron chi connectivity index (χ0n) is 28.1. The van der Waals surface area contributed by atoms with Crippen molar-refractivity contribution in [1.29, 1.82) is 0 Å². The Morgan fingerprint density at radius 3 is 2.39 bits per heavy atom. The van der Waals surface area contributed by atoms with Gasteiger partial charge in [-0.15, -0.1) is 18.2 Å². The van der Waals surface area contributed by atoms with Gasteiger partial charge in [-0.2, -0.15) is 0 Å². The smallest absolute Gasteiger partial charge is 0.164 e. The van der Waals surface area contributed by atoms with E-state index in [1.165, 1.54) is 37.3 Å². The first kappa shape index (κ1) is 28.4. The van der Waals surface area contributed by atoms with E-state index < -0.39 is 6.85 Å². The summed E-state index contributed by atoms with van der Waals surface area (Å²) in [6.07, 6.45) is 10.1. The summed E-state index contributed by atoms with van der Waals surface area (Å²) in [6.45, 7) is 9.50. The van der Waals surface area contributed by atoms with Crippen LogP contribution < -0.4 is 0 Å². The van der Waals surface area contributed by atoms with E-state index >= 15 is 0 Å². The van der Waals surface area contributed by atoms with Crippen molar-refractivity contribution >= 4 is 27.7 Å². The zero-order chi connectivity index (χ0) is 31.6. The molecule has 41 heavy (non-hydrogen) atoms. The van der Waals surface area contributed by atoms with Crippen LogP contribution in [0.1, 0.15) is 101 Å². The molecule has 1 fully saturated rings. The van der Waals surface area contributed by atoms with Crippen LogP contribution in [0.3, 0.4) is 0 Å². The van der Waals surface area contributed by atoms with Crippen molar-refractivity contribution in [2.24, 2.45) is 10.8 Å². The molecule has 1 aliphatic rings. The number of allylic oxidation sites excluding steroid dienone is 2. The minimum absolute atomic E-state index is 0. The van der Waals surface area contributed by atoms with Crippen LogP contribution in [0.2, 0.25) is 0 Å². The van der Waals surface area contributed by atoms with E-state index in [9.17, 15) is 9.90 Å². The van der Waals surface area contributed by atoms with Gasteiger partial charge in [-0.1, -0.05) is 89.6 Å². The van der Waals surface area contributed by atoms with Gasteiger partial charge >= 0.3 is 0 Å². The van der Waals surface area contributed by atoms with Crippen molar-refractivity contribution in [3.63, 3.8) is 0 Å². The van der Waals surface area contributed by atoms with Crippen LogP contribution in [-0.4, -0.2) is 15.9 Å². The van der Waals surface area contributed by atoms with Crippen molar-refractivity contribution in [2.45, 2.75) is 92.8 Å². The fourth-order valence-corrected chi connectivity index (χ4v) is 4.86. The number of rotatable bonds is 7. The van der Waals surface area contributed by atoms with Crippen LogP contribution in [0.5, 0.6) is 0 Å². The molecule has 1 radical (unpaired) electrons. The molecule has 2 heterocycles. The van der Waals surface area contributed by atoms with Gasteiger partial charge in [0.2, 0.25) is 0 Å². The molecule has 0 bridgehead atoms. The Hall–Kier alpha value is -2.75. The van der Waals surface area contributed by atoms with Crippen molar-refractivity contribution in [2.75, 3.05) is 0 Å². The fourth-order valence-electron chi connectivity index (χ4n) is 4.86. The number of furan rings is 1. The largest absolute Gasteiger partial charge is 0.512 e. The zero-order valence-corrected chi connectivity index (χ0v) is 27.5. The maximum Gasteiger partial charge on any atom is 0.164 e. The van der Waals surface area contributed by atoms with Crippen LogP contribution in [0.25, 0.3) is 33.2 Å². The minimum atomic E-state index is -2.15. The third kappa shape index (κ3) is 7.37. The van der Waals surface area contributed by atoms with E-state index in [2.05, 4.69) is 17.1 Å². The molecule has 0 spiro atoms. The van der Waals surface area contributed by atoms with E-state index in [4.69, 9.17) is 8.53 Å². The quantitative estimate of drug-likeness (QED) is 0.117. The molecular formula is C36H44IrNO3-. The number of aryl methyl sites for hydroxylation is 1. The number of ketones is 1. The Kier molecular flexibility index (Phi) is 9.33. The van der Waals surface area contributed by atoms with Gasteiger partial charge in [-0.05, 0) is 61.3 Å². The molecule has 1 N–H and O–H groups in total. The first-order valence-corrected chi connectivity index (χ1v) is 14.5. The summed E-state index contributed by atoms with van der Waals surface area (Å²) in [5, 5.41) is 11.7. The number of hydrogen-bond acceptors (Lipinski definition) is 4. The Balaban J connectivity index is 0.000000286. The Bertz CT molecular complexity index is 1610. The van der Waals surface area contributed by atoms with Gasteiger partial charge in [0, 0.05) is 52.7 Å². The summed E-state index contributed by atoms with van der Waals surface area (Å²) >= 11 is 0. The summed E-state index contributed by atoms with van der Waals surface area (Å²) in [7, 11) is 0. The Morgan fingerprint density at radius 1 is 1.07 bits per heavy atom. The second-order valence-corrected chi connectivity index (χ2v) is 12.2. The number of carbonyl (C=O) groups excluding carboxylic acids is 1. The van der Waals surface area contributed by atoms with E-state index in [0.717, 1.165) is 34.9 Å². The second-order valence-electron chi connectivity index (χ2n) is 12.2. The average molecular weight is 734 g/mol. The van der Waals surface area contributed by atoms with Gasteiger partial charge in [0.05, 0.1) is 5.58 Å². The number of nitrogens with zero attached hydrogens (tertiary/aromatic N) is 1. The van der Waals surface area contributed by atoms with Crippen LogP contribution in [0.4, 0.5) is 0 Å². The summed E-state index contributed by atoms with van der Waals surface area (Å²) < 4.78 is 29.0. The van der Waals surface area contributed by atoms with Crippen LogP contribution in [0, 0.1) is 23.7 Å². The first-order chi connectivity index (χ1) is 20.2. The van der Waals surface area contributed by atoms with E-state index in [0.29, 0.717) is 17.1 Å². The molecule has 2 aromatic heterocycles. The summed E-state index contributed by atoms with van der Waals surface area (Å²) in [5.41, 5.74) is 3.80. The van der Waals surface area contributed by atoms with E-state index in [1.54, 1.807) is 12.1 Å². The molecule has 0 saturated heterocycles. The van der Waals surface area contributed by atoms with Gasteiger partial charge < -0.3 is 14.5 Å². The van der Waals surface area contributed by atoms with E-state index in [1.807, 2.05) is 72.0 Å². The second kappa shape index (κ2) is 13.5. The molecule has 5 rings (SSSR count). The molecule has 4 aromatic rings. The van der Waals surface area contributed by atoms with Gasteiger partial charge in [0.1, 0.15) is 11.3 Å². The fraction of sp³-hybridized carbons (Fsp3) is 0.444. The van der Waals surface area contributed by atoms with Gasteiger partial charge in [-0.25, -0.2) is 0 Å². The Labute approximate surface area is 263 Å². The maximum atomic E-state index is 11.8. The average Bonchev–Trinajstić information content (AvgIpc) is 3.65. The van der Waals surface area contributed by atoms with Crippen LogP contribution in [0.15, 0.2) is 64.9 Å². The molecule has 0 unspecified atom stereocenters. The summed E-state index contributed by atoms with van der Waals surface area (Å²) in [5.74, 6) is 0.825. The van der Waals surface area contributed by atoms with Crippen molar-refractivity contribution < 1.29 is 38.5 Å². The number of pyridine rings is 1. The monoisotopic (exact) mass is 734 g/mol. The molecule has 4 nitrogen and oxygen atoms in total. The predicted molar refractivity (Wildman–Crippen MR) is 166 cm³/mol. The van der Waals surface area contributed by atoms with Crippen LogP contribution in [-0.2, 0) is 24.9 Å².